The Hall–Kier alpha value is -1.69. The molecule has 3 rings (SSSR count). The zero-order valence-electron chi connectivity index (χ0n) is 14.8. The van der Waals surface area contributed by atoms with Gasteiger partial charge in [-0.3, -0.25) is 4.90 Å². The van der Waals surface area contributed by atoms with Crippen molar-refractivity contribution < 1.29 is 0 Å². The Labute approximate surface area is 147 Å². The highest BCUT2D eigenvalue weighted by Crippen LogP contribution is 2.49. The second-order valence-corrected chi connectivity index (χ2v) is 8.29. The first-order chi connectivity index (χ1) is 11.8. The third-order valence-corrected chi connectivity index (χ3v) is 7.42. The van der Waals surface area contributed by atoms with Crippen LogP contribution >= 0.6 is 7.92 Å². The second kappa shape index (κ2) is 7.92. The normalized spacial score (nSPS) is 17.3. The van der Waals surface area contributed by atoms with Crippen LogP contribution in [0.5, 0.6) is 0 Å². The standard InChI is InChI=1S/C22H26NP/c1-4-23(5-2)21-17-16-18(3)22(21)24(19-12-8-6-9-13-19)20-14-10-7-11-15-20/h6-17,21H,4-5H2,1-3H3. The molecular formula is C22H26NP. The molecule has 0 N–H and O–H groups in total. The zero-order chi connectivity index (χ0) is 16.9. The van der Waals surface area contributed by atoms with Gasteiger partial charge in [-0.2, -0.15) is 0 Å². The number of benzene rings is 2. The quantitative estimate of drug-likeness (QED) is 0.693. The van der Waals surface area contributed by atoms with Gasteiger partial charge in [0.15, 0.2) is 0 Å². The zero-order valence-corrected chi connectivity index (χ0v) is 15.7. The maximum absolute atomic E-state index is 2.56. The number of allylic oxidation sites excluding steroid dienone is 2. The van der Waals surface area contributed by atoms with Crippen LogP contribution in [0.2, 0.25) is 0 Å². The highest BCUT2D eigenvalue weighted by molar-refractivity contribution is 7.76. The van der Waals surface area contributed by atoms with Gasteiger partial charge in [-0.05, 0) is 49.4 Å². The Kier molecular flexibility index (Phi) is 5.66. The van der Waals surface area contributed by atoms with Gasteiger partial charge < -0.3 is 0 Å². The van der Waals surface area contributed by atoms with E-state index in [2.05, 4.69) is 98.5 Å². The average molecular weight is 335 g/mol. The molecule has 0 aromatic heterocycles. The van der Waals surface area contributed by atoms with Crippen molar-refractivity contribution in [1.82, 2.24) is 4.90 Å². The van der Waals surface area contributed by atoms with Crippen molar-refractivity contribution in [3.8, 4) is 0 Å². The van der Waals surface area contributed by atoms with Gasteiger partial charge in [-0.25, -0.2) is 0 Å². The van der Waals surface area contributed by atoms with Gasteiger partial charge in [0.05, 0.1) is 6.04 Å². The molecule has 1 atom stereocenters. The fraction of sp³-hybridized carbons (Fsp3) is 0.273. The summed E-state index contributed by atoms with van der Waals surface area (Å²) in [7, 11) is -0.499. The molecule has 0 saturated carbocycles. The van der Waals surface area contributed by atoms with Crippen molar-refractivity contribution >= 4 is 18.5 Å². The molecule has 0 spiro atoms. The van der Waals surface area contributed by atoms with Gasteiger partial charge in [0, 0.05) is 0 Å². The number of hydrogen-bond acceptors (Lipinski definition) is 1. The Morgan fingerprint density at radius 3 is 1.79 bits per heavy atom. The van der Waals surface area contributed by atoms with E-state index in [0.717, 1.165) is 13.1 Å². The number of likely N-dealkylation sites (N-methyl/N-ethyl adjacent to an activating group) is 1. The third kappa shape index (κ3) is 3.38. The molecule has 2 aromatic rings. The molecule has 1 aliphatic carbocycles. The van der Waals surface area contributed by atoms with Crippen LogP contribution in [0.25, 0.3) is 0 Å². The molecule has 0 saturated heterocycles. The molecule has 0 aliphatic heterocycles. The lowest BCUT2D eigenvalue weighted by Gasteiger charge is -2.33. The molecule has 2 heteroatoms. The molecule has 0 radical (unpaired) electrons. The minimum atomic E-state index is -0.499. The van der Waals surface area contributed by atoms with Crippen molar-refractivity contribution in [2.75, 3.05) is 13.1 Å². The predicted octanol–water partition coefficient (Wildman–Crippen LogP) is 4.67. The van der Waals surface area contributed by atoms with Crippen molar-refractivity contribution in [2.24, 2.45) is 0 Å². The van der Waals surface area contributed by atoms with E-state index in [1.54, 1.807) is 5.31 Å². The lowest BCUT2D eigenvalue weighted by Crippen LogP contribution is -2.35. The van der Waals surface area contributed by atoms with Crippen LogP contribution < -0.4 is 10.6 Å². The van der Waals surface area contributed by atoms with E-state index in [1.165, 1.54) is 16.2 Å². The van der Waals surface area contributed by atoms with E-state index < -0.39 is 7.92 Å². The summed E-state index contributed by atoms with van der Waals surface area (Å²) < 4.78 is 0. The second-order valence-electron chi connectivity index (χ2n) is 6.10. The first kappa shape index (κ1) is 17.1. The maximum Gasteiger partial charge on any atom is 0.0547 e. The fourth-order valence-corrected chi connectivity index (χ4v) is 6.18. The van der Waals surface area contributed by atoms with Gasteiger partial charge in [0.1, 0.15) is 0 Å². The van der Waals surface area contributed by atoms with Crippen molar-refractivity contribution in [2.45, 2.75) is 26.8 Å². The maximum atomic E-state index is 2.56. The molecule has 24 heavy (non-hydrogen) atoms. The molecule has 1 unspecified atom stereocenters. The molecular weight excluding hydrogens is 309 g/mol. The van der Waals surface area contributed by atoms with Gasteiger partial charge in [-0.15, -0.1) is 0 Å². The van der Waals surface area contributed by atoms with Crippen LogP contribution in [0.4, 0.5) is 0 Å². The van der Waals surface area contributed by atoms with Gasteiger partial charge >= 0.3 is 0 Å². The third-order valence-electron chi connectivity index (χ3n) is 4.69. The topological polar surface area (TPSA) is 3.24 Å². The number of nitrogens with zero attached hydrogens (tertiary/aromatic N) is 1. The highest BCUT2D eigenvalue weighted by Gasteiger charge is 2.31. The van der Waals surface area contributed by atoms with Gasteiger partial charge in [-0.1, -0.05) is 86.7 Å². The van der Waals surface area contributed by atoms with Crippen LogP contribution in [0.3, 0.4) is 0 Å². The lowest BCUT2D eigenvalue weighted by molar-refractivity contribution is 0.287. The molecule has 1 aliphatic rings. The monoisotopic (exact) mass is 335 g/mol. The Balaban J connectivity index is 2.10. The summed E-state index contributed by atoms with van der Waals surface area (Å²) in [6.45, 7) is 8.95. The Morgan fingerprint density at radius 1 is 0.833 bits per heavy atom. The lowest BCUT2D eigenvalue weighted by atomic mass is 10.2. The molecule has 0 heterocycles. The molecule has 2 aromatic carbocycles. The number of hydrogen-bond donors (Lipinski definition) is 0. The Bertz CT molecular complexity index is 675. The van der Waals surface area contributed by atoms with E-state index in [9.17, 15) is 0 Å². The molecule has 124 valence electrons. The summed E-state index contributed by atoms with van der Waals surface area (Å²) in [5, 5.41) is 4.47. The summed E-state index contributed by atoms with van der Waals surface area (Å²) >= 11 is 0. The summed E-state index contributed by atoms with van der Waals surface area (Å²) in [6, 6.07) is 22.5. The summed E-state index contributed by atoms with van der Waals surface area (Å²) in [4.78, 5) is 2.56. The van der Waals surface area contributed by atoms with Crippen LogP contribution in [-0.2, 0) is 0 Å². The first-order valence-electron chi connectivity index (χ1n) is 8.79. The van der Waals surface area contributed by atoms with Crippen LogP contribution in [0.15, 0.2) is 83.7 Å². The van der Waals surface area contributed by atoms with Crippen molar-refractivity contribution in [3.63, 3.8) is 0 Å². The molecule has 0 bridgehead atoms. The van der Waals surface area contributed by atoms with E-state index in [1.807, 2.05) is 0 Å². The summed E-state index contributed by atoms with van der Waals surface area (Å²) in [5.41, 5.74) is 1.44. The van der Waals surface area contributed by atoms with Gasteiger partial charge in [0.25, 0.3) is 0 Å². The highest BCUT2D eigenvalue weighted by atomic mass is 31.1. The van der Waals surface area contributed by atoms with E-state index >= 15 is 0 Å². The minimum Gasteiger partial charge on any atom is -0.293 e. The SMILES string of the molecule is CCN(CC)C1C=CC(C)=C1P(c1ccccc1)c1ccccc1. The van der Waals surface area contributed by atoms with Gasteiger partial charge in [0.2, 0.25) is 0 Å². The summed E-state index contributed by atoms with van der Waals surface area (Å²) in [6.07, 6.45) is 4.71. The Morgan fingerprint density at radius 2 is 1.33 bits per heavy atom. The van der Waals surface area contributed by atoms with E-state index in [-0.39, 0.29) is 0 Å². The largest absolute Gasteiger partial charge is 0.293 e. The predicted molar refractivity (Wildman–Crippen MR) is 108 cm³/mol. The first-order valence-corrected chi connectivity index (χ1v) is 10.1. The minimum absolute atomic E-state index is 0.423. The van der Waals surface area contributed by atoms with Crippen molar-refractivity contribution in [1.29, 1.82) is 0 Å². The molecule has 1 nitrogen and oxygen atoms in total. The summed E-state index contributed by atoms with van der Waals surface area (Å²) in [5.74, 6) is 0. The van der Waals surface area contributed by atoms with Crippen LogP contribution in [-0.4, -0.2) is 24.0 Å². The fourth-order valence-electron chi connectivity index (χ4n) is 3.45. The average Bonchev–Trinajstić information content (AvgIpc) is 3.00. The molecule has 0 amide bonds. The number of rotatable bonds is 6. The van der Waals surface area contributed by atoms with Crippen molar-refractivity contribution in [3.05, 3.63) is 83.7 Å². The van der Waals surface area contributed by atoms with E-state index in [0.29, 0.717) is 6.04 Å². The smallest absolute Gasteiger partial charge is 0.0547 e. The van der Waals surface area contributed by atoms with Crippen LogP contribution in [0, 0.1) is 0 Å². The molecule has 0 fully saturated rings. The van der Waals surface area contributed by atoms with E-state index in [4.69, 9.17) is 0 Å². The van der Waals surface area contributed by atoms with Crippen LogP contribution in [0.1, 0.15) is 20.8 Å².